The third-order valence-electron chi connectivity index (χ3n) is 1.23. The van der Waals surface area contributed by atoms with Gasteiger partial charge in [-0.2, -0.15) is 13.2 Å². The van der Waals surface area contributed by atoms with Crippen molar-refractivity contribution in [2.45, 2.75) is 32.0 Å². The standard InChI is InChI=1S/C7H12F3O/c1-4-6(2,3)11-5-7(8,9)10/h1,4-5H2,2-3H3. The van der Waals surface area contributed by atoms with E-state index < -0.39 is 18.4 Å². The Labute approximate surface area is 64.5 Å². The van der Waals surface area contributed by atoms with E-state index in [-0.39, 0.29) is 0 Å². The summed E-state index contributed by atoms with van der Waals surface area (Å²) < 4.78 is 39.3. The highest BCUT2D eigenvalue weighted by Crippen LogP contribution is 2.20. The minimum Gasteiger partial charge on any atom is -0.366 e. The molecule has 11 heavy (non-hydrogen) atoms. The van der Waals surface area contributed by atoms with Crippen LogP contribution in [0.3, 0.4) is 0 Å². The maximum atomic E-state index is 11.6. The van der Waals surface area contributed by atoms with Crippen LogP contribution in [0.1, 0.15) is 20.3 Å². The fourth-order valence-corrected chi connectivity index (χ4v) is 0.349. The summed E-state index contributed by atoms with van der Waals surface area (Å²) in [6.45, 7) is 5.42. The number of alkyl halides is 3. The maximum absolute atomic E-state index is 11.6. The SMILES string of the molecule is [CH2]CC(C)(C)OCC(F)(F)F. The van der Waals surface area contributed by atoms with Crippen molar-refractivity contribution >= 4 is 0 Å². The van der Waals surface area contributed by atoms with Gasteiger partial charge in [-0.3, -0.25) is 0 Å². The van der Waals surface area contributed by atoms with Gasteiger partial charge >= 0.3 is 6.18 Å². The quantitative estimate of drug-likeness (QED) is 0.630. The van der Waals surface area contributed by atoms with E-state index in [0.717, 1.165) is 0 Å². The largest absolute Gasteiger partial charge is 0.411 e. The summed E-state index contributed by atoms with van der Waals surface area (Å²) in [5.41, 5.74) is -0.782. The van der Waals surface area contributed by atoms with Gasteiger partial charge in [0.25, 0.3) is 0 Å². The first kappa shape index (κ1) is 10.8. The van der Waals surface area contributed by atoms with E-state index in [1.54, 1.807) is 13.8 Å². The lowest BCUT2D eigenvalue weighted by Gasteiger charge is -2.23. The molecule has 1 nitrogen and oxygen atoms in total. The Hall–Kier alpha value is -0.250. The number of rotatable bonds is 3. The van der Waals surface area contributed by atoms with Crippen LogP contribution in [0, 0.1) is 6.92 Å². The second-order valence-corrected chi connectivity index (χ2v) is 2.91. The van der Waals surface area contributed by atoms with Gasteiger partial charge in [-0.25, -0.2) is 0 Å². The fraction of sp³-hybridized carbons (Fsp3) is 0.857. The van der Waals surface area contributed by atoms with E-state index in [4.69, 9.17) is 0 Å². The number of hydrogen-bond acceptors (Lipinski definition) is 1. The third-order valence-corrected chi connectivity index (χ3v) is 1.23. The van der Waals surface area contributed by atoms with E-state index in [1.807, 2.05) is 0 Å². The number of halogens is 3. The Bertz CT molecular complexity index is 117. The third kappa shape index (κ3) is 6.16. The van der Waals surface area contributed by atoms with Gasteiger partial charge in [-0.1, -0.05) is 6.92 Å². The van der Waals surface area contributed by atoms with Gasteiger partial charge in [-0.05, 0) is 20.3 Å². The van der Waals surface area contributed by atoms with Crippen molar-refractivity contribution in [3.8, 4) is 0 Å². The zero-order chi connectivity index (χ0) is 9.12. The second-order valence-electron chi connectivity index (χ2n) is 2.91. The lowest BCUT2D eigenvalue weighted by molar-refractivity contribution is -0.199. The molecule has 1 radical (unpaired) electrons. The van der Waals surface area contributed by atoms with Crippen molar-refractivity contribution in [1.29, 1.82) is 0 Å². The first-order chi connectivity index (χ1) is 4.77. The average Bonchev–Trinajstić information content (AvgIpc) is 1.83. The van der Waals surface area contributed by atoms with Gasteiger partial charge in [0.1, 0.15) is 6.61 Å². The molecule has 0 aromatic heterocycles. The van der Waals surface area contributed by atoms with Crippen molar-refractivity contribution in [2.75, 3.05) is 6.61 Å². The summed E-state index contributed by atoms with van der Waals surface area (Å²) in [5, 5.41) is 0. The molecule has 0 aliphatic rings. The van der Waals surface area contributed by atoms with Gasteiger partial charge in [0.2, 0.25) is 0 Å². The molecule has 0 spiro atoms. The molecule has 0 saturated carbocycles. The molecule has 0 fully saturated rings. The highest BCUT2D eigenvalue weighted by atomic mass is 19.4. The highest BCUT2D eigenvalue weighted by Gasteiger charge is 2.30. The van der Waals surface area contributed by atoms with Gasteiger partial charge in [-0.15, -0.1) is 0 Å². The monoisotopic (exact) mass is 169 g/mol. The summed E-state index contributed by atoms with van der Waals surface area (Å²) in [6.07, 6.45) is -3.92. The van der Waals surface area contributed by atoms with Crippen molar-refractivity contribution < 1.29 is 17.9 Å². The van der Waals surface area contributed by atoms with Gasteiger partial charge in [0.15, 0.2) is 0 Å². The predicted octanol–water partition coefficient (Wildman–Crippen LogP) is 2.57. The molecule has 0 atom stereocenters. The molecule has 0 heterocycles. The van der Waals surface area contributed by atoms with Crippen LogP contribution in [0.15, 0.2) is 0 Å². The molecule has 0 aromatic rings. The summed E-state index contributed by atoms with van der Waals surface area (Å²) in [5.74, 6) is 0. The van der Waals surface area contributed by atoms with E-state index in [0.29, 0.717) is 6.42 Å². The van der Waals surface area contributed by atoms with Crippen LogP contribution in [0.4, 0.5) is 13.2 Å². The average molecular weight is 169 g/mol. The molecule has 4 heteroatoms. The fourth-order valence-electron chi connectivity index (χ4n) is 0.349. The van der Waals surface area contributed by atoms with Crippen LogP contribution in [0.2, 0.25) is 0 Å². The Balaban J connectivity index is 3.70. The van der Waals surface area contributed by atoms with Gasteiger partial charge in [0, 0.05) is 0 Å². The van der Waals surface area contributed by atoms with Crippen LogP contribution in [0.25, 0.3) is 0 Å². The smallest absolute Gasteiger partial charge is 0.366 e. The Morgan fingerprint density at radius 3 is 2.00 bits per heavy atom. The summed E-state index contributed by atoms with van der Waals surface area (Å²) in [6, 6.07) is 0. The minimum absolute atomic E-state index is 0.322. The van der Waals surface area contributed by atoms with E-state index >= 15 is 0 Å². The Kier molecular flexibility index (Phi) is 3.35. The summed E-state index contributed by atoms with van der Waals surface area (Å²) >= 11 is 0. The first-order valence-corrected chi connectivity index (χ1v) is 3.27. The number of hydrogen-bond donors (Lipinski definition) is 0. The van der Waals surface area contributed by atoms with Gasteiger partial charge in [0.05, 0.1) is 5.60 Å². The zero-order valence-electron chi connectivity index (χ0n) is 6.66. The van der Waals surface area contributed by atoms with Crippen LogP contribution in [0.5, 0.6) is 0 Å². The first-order valence-electron chi connectivity index (χ1n) is 3.27. The molecule has 0 aliphatic carbocycles. The lowest BCUT2D eigenvalue weighted by Crippen LogP contribution is -2.29. The van der Waals surface area contributed by atoms with E-state index in [1.165, 1.54) is 0 Å². The highest BCUT2D eigenvalue weighted by molar-refractivity contribution is 4.70. The molecule has 0 rings (SSSR count). The zero-order valence-corrected chi connectivity index (χ0v) is 6.66. The van der Waals surface area contributed by atoms with Crippen LogP contribution in [-0.4, -0.2) is 18.4 Å². The summed E-state index contributed by atoms with van der Waals surface area (Å²) in [4.78, 5) is 0. The van der Waals surface area contributed by atoms with Gasteiger partial charge < -0.3 is 4.74 Å². The normalized spacial score (nSPS) is 13.6. The predicted molar refractivity (Wildman–Crippen MR) is 36.1 cm³/mol. The van der Waals surface area contributed by atoms with Crippen LogP contribution in [-0.2, 0) is 4.74 Å². The van der Waals surface area contributed by atoms with Crippen LogP contribution < -0.4 is 0 Å². The molecule has 0 N–H and O–H groups in total. The molecule has 0 unspecified atom stereocenters. The lowest BCUT2D eigenvalue weighted by atomic mass is 10.1. The summed E-state index contributed by atoms with van der Waals surface area (Å²) in [7, 11) is 0. The second kappa shape index (κ2) is 3.43. The Morgan fingerprint density at radius 1 is 1.27 bits per heavy atom. The molecular weight excluding hydrogens is 157 g/mol. The van der Waals surface area contributed by atoms with Crippen molar-refractivity contribution in [1.82, 2.24) is 0 Å². The topological polar surface area (TPSA) is 9.23 Å². The van der Waals surface area contributed by atoms with E-state index in [9.17, 15) is 13.2 Å². The number of ether oxygens (including phenoxy) is 1. The van der Waals surface area contributed by atoms with Crippen molar-refractivity contribution in [2.24, 2.45) is 0 Å². The maximum Gasteiger partial charge on any atom is 0.411 e. The van der Waals surface area contributed by atoms with E-state index in [2.05, 4.69) is 11.7 Å². The molecule has 0 aromatic carbocycles. The molecule has 0 bridgehead atoms. The van der Waals surface area contributed by atoms with Crippen molar-refractivity contribution in [3.63, 3.8) is 0 Å². The van der Waals surface area contributed by atoms with Crippen molar-refractivity contribution in [3.05, 3.63) is 6.92 Å². The molecular formula is C7H12F3O. The molecule has 0 saturated heterocycles. The molecule has 0 aliphatic heterocycles. The molecule has 67 valence electrons. The molecule has 0 amide bonds. The minimum atomic E-state index is -4.24. The van der Waals surface area contributed by atoms with Crippen LogP contribution >= 0.6 is 0 Å². The Morgan fingerprint density at radius 2 is 1.73 bits per heavy atom.